The van der Waals surface area contributed by atoms with E-state index >= 15 is 0 Å². The zero-order valence-electron chi connectivity index (χ0n) is 14.5. The highest BCUT2D eigenvalue weighted by Gasteiger charge is 2.22. The number of nitrogens with one attached hydrogen (secondary N) is 2. The van der Waals surface area contributed by atoms with Gasteiger partial charge in [-0.15, -0.1) is 0 Å². The fourth-order valence-corrected chi connectivity index (χ4v) is 3.09. The standard InChI is InChI=1S/C17H27N5O2/c1-3-18-17(20-13-15-9-7-11-21(15)4-2)19-12-14-8-5-6-10-16(14)22(23)24/h5-6,8,10,15H,3-4,7,9,11-13H2,1-2H3,(H2,18,19,20). The molecule has 24 heavy (non-hydrogen) atoms. The minimum Gasteiger partial charge on any atom is -0.357 e. The quantitative estimate of drug-likeness (QED) is 0.346. The van der Waals surface area contributed by atoms with Gasteiger partial charge in [-0.05, 0) is 32.9 Å². The Balaban J connectivity index is 1.99. The number of rotatable bonds is 7. The van der Waals surface area contributed by atoms with Crippen molar-refractivity contribution in [2.75, 3.05) is 26.2 Å². The number of nitro groups is 1. The largest absolute Gasteiger partial charge is 0.357 e. The van der Waals surface area contributed by atoms with E-state index in [-0.39, 0.29) is 17.2 Å². The van der Waals surface area contributed by atoms with Gasteiger partial charge in [0.15, 0.2) is 5.96 Å². The Hall–Kier alpha value is -2.15. The van der Waals surface area contributed by atoms with E-state index in [1.165, 1.54) is 18.9 Å². The number of nitrogens with zero attached hydrogens (tertiary/aromatic N) is 3. The second-order valence-corrected chi connectivity index (χ2v) is 5.89. The van der Waals surface area contributed by atoms with E-state index in [4.69, 9.17) is 0 Å². The monoisotopic (exact) mass is 333 g/mol. The molecule has 2 rings (SSSR count). The van der Waals surface area contributed by atoms with Gasteiger partial charge in [0.25, 0.3) is 5.69 Å². The van der Waals surface area contributed by atoms with Crippen molar-refractivity contribution < 1.29 is 4.92 Å². The van der Waals surface area contributed by atoms with Crippen molar-refractivity contribution in [2.45, 2.75) is 39.3 Å². The Kier molecular flexibility index (Phi) is 6.99. The molecule has 1 fully saturated rings. The summed E-state index contributed by atoms with van der Waals surface area (Å²) in [5.41, 5.74) is 0.737. The Morgan fingerprint density at radius 3 is 2.88 bits per heavy atom. The van der Waals surface area contributed by atoms with Crippen molar-refractivity contribution in [3.8, 4) is 0 Å². The zero-order chi connectivity index (χ0) is 17.4. The van der Waals surface area contributed by atoms with Crippen LogP contribution in [0.2, 0.25) is 0 Å². The number of hydrogen-bond acceptors (Lipinski definition) is 4. The van der Waals surface area contributed by atoms with Gasteiger partial charge in [-0.1, -0.05) is 25.1 Å². The highest BCUT2D eigenvalue weighted by atomic mass is 16.6. The molecule has 0 saturated carbocycles. The lowest BCUT2D eigenvalue weighted by Gasteiger charge is -2.24. The molecule has 1 aromatic carbocycles. The van der Waals surface area contributed by atoms with Gasteiger partial charge < -0.3 is 10.6 Å². The maximum absolute atomic E-state index is 11.1. The third-order valence-corrected chi connectivity index (χ3v) is 4.35. The third kappa shape index (κ3) is 4.92. The van der Waals surface area contributed by atoms with Gasteiger partial charge in [0.1, 0.15) is 0 Å². The summed E-state index contributed by atoms with van der Waals surface area (Å²) in [5, 5.41) is 17.7. The van der Waals surface area contributed by atoms with Crippen LogP contribution >= 0.6 is 0 Å². The summed E-state index contributed by atoms with van der Waals surface area (Å²) < 4.78 is 0. The molecule has 1 aliphatic rings. The summed E-state index contributed by atoms with van der Waals surface area (Å²) in [6.45, 7) is 8.31. The van der Waals surface area contributed by atoms with Crippen molar-refractivity contribution in [1.82, 2.24) is 15.5 Å². The molecule has 0 bridgehead atoms. The lowest BCUT2D eigenvalue weighted by atomic mass is 10.2. The number of likely N-dealkylation sites (N-methyl/N-ethyl adjacent to an activating group) is 1. The zero-order valence-corrected chi connectivity index (χ0v) is 14.5. The predicted molar refractivity (Wildman–Crippen MR) is 96.2 cm³/mol. The van der Waals surface area contributed by atoms with E-state index in [1.807, 2.05) is 6.92 Å². The van der Waals surface area contributed by atoms with Crippen LogP contribution in [0.5, 0.6) is 0 Å². The summed E-state index contributed by atoms with van der Waals surface area (Å²) in [5.74, 6) is 0.707. The smallest absolute Gasteiger partial charge is 0.274 e. The number of nitro benzene ring substituents is 1. The van der Waals surface area contributed by atoms with E-state index in [9.17, 15) is 10.1 Å². The Bertz CT molecular complexity index is 576. The van der Waals surface area contributed by atoms with E-state index in [0.29, 0.717) is 17.6 Å². The minimum absolute atomic E-state index is 0.116. The van der Waals surface area contributed by atoms with Crippen molar-refractivity contribution in [2.24, 2.45) is 4.99 Å². The summed E-state index contributed by atoms with van der Waals surface area (Å²) in [7, 11) is 0. The predicted octanol–water partition coefficient (Wildman–Crippen LogP) is 2.13. The van der Waals surface area contributed by atoms with Crippen LogP contribution in [0, 0.1) is 10.1 Å². The Morgan fingerprint density at radius 1 is 1.38 bits per heavy atom. The van der Waals surface area contributed by atoms with Gasteiger partial charge in [-0.3, -0.25) is 15.0 Å². The first kappa shape index (κ1) is 18.2. The highest BCUT2D eigenvalue weighted by Crippen LogP contribution is 2.18. The second kappa shape index (κ2) is 9.22. The van der Waals surface area contributed by atoms with Gasteiger partial charge in [0, 0.05) is 25.2 Å². The molecule has 2 N–H and O–H groups in total. The Labute approximate surface area is 143 Å². The van der Waals surface area contributed by atoms with Crippen LogP contribution in [-0.4, -0.2) is 48.0 Å². The van der Waals surface area contributed by atoms with Crippen LogP contribution in [0.4, 0.5) is 5.69 Å². The number of hydrogen-bond donors (Lipinski definition) is 2. The van der Waals surface area contributed by atoms with Gasteiger partial charge in [-0.2, -0.15) is 0 Å². The van der Waals surface area contributed by atoms with Crippen LogP contribution in [0.15, 0.2) is 29.3 Å². The molecule has 0 aliphatic carbocycles. The van der Waals surface area contributed by atoms with Crippen molar-refractivity contribution >= 4 is 11.6 Å². The average Bonchev–Trinajstić information content (AvgIpc) is 3.05. The van der Waals surface area contributed by atoms with Crippen molar-refractivity contribution in [3.05, 3.63) is 39.9 Å². The van der Waals surface area contributed by atoms with E-state index in [1.54, 1.807) is 18.2 Å². The summed E-state index contributed by atoms with van der Waals surface area (Å²) in [4.78, 5) is 17.7. The average molecular weight is 333 g/mol. The van der Waals surface area contributed by atoms with Crippen LogP contribution in [0.25, 0.3) is 0 Å². The van der Waals surface area contributed by atoms with E-state index < -0.39 is 0 Å². The highest BCUT2D eigenvalue weighted by molar-refractivity contribution is 5.79. The topological polar surface area (TPSA) is 82.8 Å². The first-order valence-corrected chi connectivity index (χ1v) is 8.64. The number of aliphatic imine (C=N–C) groups is 1. The van der Waals surface area contributed by atoms with Gasteiger partial charge in [0.05, 0.1) is 17.0 Å². The fourth-order valence-electron chi connectivity index (χ4n) is 3.09. The molecule has 1 atom stereocenters. The number of para-hydroxylation sites is 1. The van der Waals surface area contributed by atoms with Gasteiger partial charge >= 0.3 is 0 Å². The number of likely N-dealkylation sites (tertiary alicyclic amines) is 1. The molecule has 0 spiro atoms. The summed E-state index contributed by atoms with van der Waals surface area (Å²) in [6.07, 6.45) is 2.44. The van der Waals surface area contributed by atoms with Gasteiger partial charge in [-0.25, -0.2) is 4.99 Å². The normalized spacial score (nSPS) is 18.6. The molecule has 0 radical (unpaired) electrons. The molecule has 1 aliphatic heterocycles. The van der Waals surface area contributed by atoms with Crippen LogP contribution in [0.3, 0.4) is 0 Å². The summed E-state index contributed by atoms with van der Waals surface area (Å²) >= 11 is 0. The minimum atomic E-state index is -0.358. The number of guanidine groups is 1. The van der Waals surface area contributed by atoms with Gasteiger partial charge in [0.2, 0.25) is 0 Å². The molecule has 1 heterocycles. The SMILES string of the molecule is CCNC(=NCc1ccccc1[N+](=O)[O-])NCC1CCCN1CC. The molecule has 7 nitrogen and oxygen atoms in total. The first-order valence-electron chi connectivity index (χ1n) is 8.64. The lowest BCUT2D eigenvalue weighted by Crippen LogP contribution is -2.44. The molecule has 1 aromatic rings. The molecule has 0 aromatic heterocycles. The maximum Gasteiger partial charge on any atom is 0.274 e. The fraction of sp³-hybridized carbons (Fsp3) is 0.588. The molecular formula is C17H27N5O2. The van der Waals surface area contributed by atoms with Crippen molar-refractivity contribution in [1.29, 1.82) is 0 Å². The summed E-state index contributed by atoms with van der Waals surface area (Å²) in [6, 6.07) is 7.28. The molecule has 1 saturated heterocycles. The van der Waals surface area contributed by atoms with Crippen LogP contribution in [-0.2, 0) is 6.54 Å². The number of benzene rings is 1. The second-order valence-electron chi connectivity index (χ2n) is 5.89. The molecular weight excluding hydrogens is 306 g/mol. The first-order chi connectivity index (χ1) is 11.7. The Morgan fingerprint density at radius 2 is 2.17 bits per heavy atom. The molecule has 132 valence electrons. The van der Waals surface area contributed by atoms with E-state index in [0.717, 1.165) is 26.2 Å². The molecule has 7 heteroatoms. The van der Waals surface area contributed by atoms with E-state index in [2.05, 4.69) is 27.4 Å². The molecule has 0 amide bonds. The molecule has 1 unspecified atom stereocenters. The maximum atomic E-state index is 11.1. The van der Waals surface area contributed by atoms with Crippen LogP contribution < -0.4 is 10.6 Å². The van der Waals surface area contributed by atoms with Crippen molar-refractivity contribution in [3.63, 3.8) is 0 Å². The lowest BCUT2D eigenvalue weighted by molar-refractivity contribution is -0.385. The third-order valence-electron chi connectivity index (χ3n) is 4.35. The van der Waals surface area contributed by atoms with Crippen LogP contribution in [0.1, 0.15) is 32.3 Å².